The van der Waals surface area contributed by atoms with Crippen LogP contribution in [-0.2, 0) is 20.8 Å². The fourth-order valence-electron chi connectivity index (χ4n) is 3.22. The molecule has 1 aromatic rings. The molecule has 0 unspecified atom stereocenters. The summed E-state index contributed by atoms with van der Waals surface area (Å²) in [4.78, 5) is 18.8. The second-order valence-electron chi connectivity index (χ2n) is 5.89. The number of hydrogen-bond donors (Lipinski definition) is 1. The number of thiazole rings is 1. The predicted molar refractivity (Wildman–Crippen MR) is 83.7 cm³/mol. The first-order chi connectivity index (χ1) is 10.8. The van der Waals surface area contributed by atoms with Crippen LogP contribution in [0.4, 0.5) is 0 Å². The zero-order chi connectivity index (χ0) is 15.4. The molecule has 7 heteroatoms. The number of ether oxygens (including phenoxy) is 2. The fourth-order valence-corrected chi connectivity index (χ4v) is 3.88. The Balaban J connectivity index is 1.47. The normalized spacial score (nSPS) is 28.5. The van der Waals surface area contributed by atoms with Crippen LogP contribution in [0.15, 0.2) is 11.6 Å². The van der Waals surface area contributed by atoms with Gasteiger partial charge in [0.1, 0.15) is 11.1 Å². The first-order valence-electron chi connectivity index (χ1n) is 7.79. The van der Waals surface area contributed by atoms with E-state index in [1.807, 2.05) is 11.6 Å². The maximum atomic E-state index is 12.1. The Morgan fingerprint density at radius 2 is 2.55 bits per heavy atom. The smallest absolute Gasteiger partial charge is 0.249 e. The highest BCUT2D eigenvalue weighted by Crippen LogP contribution is 2.33. The number of methoxy groups -OCH3 is 1. The van der Waals surface area contributed by atoms with Crippen LogP contribution in [0.5, 0.6) is 0 Å². The van der Waals surface area contributed by atoms with Crippen molar-refractivity contribution in [1.29, 1.82) is 0 Å². The molecule has 0 aliphatic carbocycles. The summed E-state index contributed by atoms with van der Waals surface area (Å²) in [7, 11) is 1.63. The van der Waals surface area contributed by atoms with Crippen molar-refractivity contribution in [3.8, 4) is 0 Å². The molecular weight excluding hydrogens is 302 g/mol. The molecule has 0 spiro atoms. The molecule has 3 atom stereocenters. The summed E-state index contributed by atoms with van der Waals surface area (Å²) in [5.41, 5.74) is 0. The number of carbonyl (C=O) groups is 1. The van der Waals surface area contributed by atoms with Gasteiger partial charge in [0.25, 0.3) is 0 Å². The van der Waals surface area contributed by atoms with Gasteiger partial charge in [-0.1, -0.05) is 0 Å². The van der Waals surface area contributed by atoms with Gasteiger partial charge < -0.3 is 14.8 Å². The van der Waals surface area contributed by atoms with Crippen molar-refractivity contribution in [2.45, 2.75) is 31.6 Å². The summed E-state index contributed by atoms with van der Waals surface area (Å²) in [6.45, 7) is 3.91. The number of piperidine rings is 1. The summed E-state index contributed by atoms with van der Waals surface area (Å²) in [5.74, 6) is 0.503. The Morgan fingerprint density at radius 3 is 3.32 bits per heavy atom. The first kappa shape index (κ1) is 15.9. The molecule has 0 aromatic carbocycles. The number of hydrogen-bond acceptors (Lipinski definition) is 6. The van der Waals surface area contributed by atoms with E-state index in [9.17, 15) is 4.79 Å². The van der Waals surface area contributed by atoms with Gasteiger partial charge in [0.2, 0.25) is 5.91 Å². The van der Waals surface area contributed by atoms with Crippen LogP contribution in [0.25, 0.3) is 0 Å². The highest BCUT2D eigenvalue weighted by atomic mass is 32.1. The standard InChI is InChI=1S/C15H23N3O3S/c1-20-6-3-17-15(19)12-8-11-2-5-18(9-13(11)21-12)10-14-16-4-7-22-14/h4,7,11-13H,2-3,5-6,8-10H2,1H3,(H,17,19)/t11-,12+,13+/m0/s1. The zero-order valence-electron chi connectivity index (χ0n) is 12.9. The van der Waals surface area contributed by atoms with Crippen LogP contribution in [-0.4, -0.2) is 61.3 Å². The van der Waals surface area contributed by atoms with E-state index in [1.54, 1.807) is 18.4 Å². The number of nitrogens with one attached hydrogen (secondary N) is 1. The van der Waals surface area contributed by atoms with Crippen LogP contribution in [0.2, 0.25) is 0 Å². The molecule has 3 heterocycles. The molecule has 22 heavy (non-hydrogen) atoms. The molecule has 1 amide bonds. The van der Waals surface area contributed by atoms with Gasteiger partial charge in [-0.2, -0.15) is 0 Å². The molecule has 0 bridgehead atoms. The second-order valence-corrected chi connectivity index (χ2v) is 6.87. The third kappa shape index (κ3) is 3.84. The van der Waals surface area contributed by atoms with Crippen molar-refractivity contribution in [2.75, 3.05) is 33.4 Å². The van der Waals surface area contributed by atoms with Gasteiger partial charge in [-0.05, 0) is 25.3 Å². The van der Waals surface area contributed by atoms with Crippen molar-refractivity contribution >= 4 is 17.2 Å². The zero-order valence-corrected chi connectivity index (χ0v) is 13.7. The van der Waals surface area contributed by atoms with Crippen LogP contribution >= 0.6 is 11.3 Å². The van der Waals surface area contributed by atoms with Gasteiger partial charge in [0, 0.05) is 31.8 Å². The molecule has 0 saturated carbocycles. The van der Waals surface area contributed by atoms with Crippen LogP contribution in [0.1, 0.15) is 17.8 Å². The molecular formula is C15H23N3O3S. The monoisotopic (exact) mass is 325 g/mol. The molecule has 2 aliphatic rings. The van der Waals surface area contributed by atoms with Crippen molar-refractivity contribution in [1.82, 2.24) is 15.2 Å². The van der Waals surface area contributed by atoms with E-state index < -0.39 is 0 Å². The van der Waals surface area contributed by atoms with E-state index in [-0.39, 0.29) is 18.1 Å². The minimum absolute atomic E-state index is 0.00192. The quantitative estimate of drug-likeness (QED) is 0.787. The van der Waals surface area contributed by atoms with Gasteiger partial charge in [0.05, 0.1) is 19.3 Å². The summed E-state index contributed by atoms with van der Waals surface area (Å²) < 4.78 is 10.9. The van der Waals surface area contributed by atoms with Gasteiger partial charge in [-0.15, -0.1) is 11.3 Å². The second kappa shape index (κ2) is 7.50. The average molecular weight is 325 g/mol. The Labute approximate surface area is 134 Å². The number of amides is 1. The van der Waals surface area contributed by atoms with E-state index in [1.165, 1.54) is 0 Å². The maximum Gasteiger partial charge on any atom is 0.249 e. The minimum atomic E-state index is -0.299. The number of fused-ring (bicyclic) bond motifs is 1. The fraction of sp³-hybridized carbons (Fsp3) is 0.733. The van der Waals surface area contributed by atoms with Gasteiger partial charge >= 0.3 is 0 Å². The van der Waals surface area contributed by atoms with Gasteiger partial charge in [0.15, 0.2) is 0 Å². The van der Waals surface area contributed by atoms with Crippen LogP contribution in [0, 0.1) is 5.92 Å². The lowest BCUT2D eigenvalue weighted by molar-refractivity contribution is -0.133. The lowest BCUT2D eigenvalue weighted by Gasteiger charge is -2.33. The summed E-state index contributed by atoms with van der Waals surface area (Å²) in [5, 5.41) is 6.02. The molecule has 1 aromatic heterocycles. The van der Waals surface area contributed by atoms with Crippen LogP contribution < -0.4 is 5.32 Å². The summed E-state index contributed by atoms with van der Waals surface area (Å²) in [6.07, 6.45) is 3.66. The lowest BCUT2D eigenvalue weighted by Crippen LogP contribution is -2.42. The summed E-state index contributed by atoms with van der Waals surface area (Å²) >= 11 is 1.69. The predicted octanol–water partition coefficient (Wildman–Crippen LogP) is 0.885. The van der Waals surface area contributed by atoms with E-state index in [4.69, 9.17) is 9.47 Å². The van der Waals surface area contributed by atoms with Crippen molar-refractivity contribution < 1.29 is 14.3 Å². The summed E-state index contributed by atoms with van der Waals surface area (Å²) in [6, 6.07) is 0. The molecule has 122 valence electrons. The van der Waals surface area contributed by atoms with E-state index >= 15 is 0 Å². The first-order valence-corrected chi connectivity index (χ1v) is 8.67. The van der Waals surface area contributed by atoms with E-state index in [2.05, 4.69) is 15.2 Å². The topological polar surface area (TPSA) is 63.7 Å². The van der Waals surface area contributed by atoms with Crippen molar-refractivity contribution in [3.63, 3.8) is 0 Å². The minimum Gasteiger partial charge on any atom is -0.383 e. The Hall–Kier alpha value is -1.02. The third-order valence-corrected chi connectivity index (χ3v) is 5.14. The molecule has 3 rings (SSSR count). The van der Waals surface area contributed by atoms with Gasteiger partial charge in [-0.3, -0.25) is 9.69 Å². The highest BCUT2D eigenvalue weighted by Gasteiger charge is 2.41. The van der Waals surface area contributed by atoms with E-state index in [0.29, 0.717) is 19.1 Å². The number of aromatic nitrogens is 1. The number of carbonyl (C=O) groups excluding carboxylic acids is 1. The van der Waals surface area contributed by atoms with Gasteiger partial charge in [-0.25, -0.2) is 4.98 Å². The third-order valence-electron chi connectivity index (χ3n) is 4.38. The molecule has 6 nitrogen and oxygen atoms in total. The molecule has 2 saturated heterocycles. The molecule has 2 aliphatic heterocycles. The maximum absolute atomic E-state index is 12.1. The molecule has 0 radical (unpaired) electrons. The Morgan fingerprint density at radius 1 is 1.64 bits per heavy atom. The Kier molecular flexibility index (Phi) is 5.41. The van der Waals surface area contributed by atoms with E-state index in [0.717, 1.165) is 37.5 Å². The number of nitrogens with zero attached hydrogens (tertiary/aromatic N) is 2. The largest absolute Gasteiger partial charge is 0.383 e. The highest BCUT2D eigenvalue weighted by molar-refractivity contribution is 7.09. The number of rotatable bonds is 6. The van der Waals surface area contributed by atoms with Crippen molar-refractivity contribution in [3.05, 3.63) is 16.6 Å². The molecule has 2 fully saturated rings. The Bertz CT molecular complexity index is 482. The lowest BCUT2D eigenvalue weighted by atomic mass is 9.91. The SMILES string of the molecule is COCCNC(=O)[C@H]1C[C@@H]2CCN(Cc3nccs3)C[C@H]2O1. The molecule has 1 N–H and O–H groups in total. The van der Waals surface area contributed by atoms with Crippen molar-refractivity contribution in [2.24, 2.45) is 5.92 Å². The number of likely N-dealkylation sites (tertiary alicyclic amines) is 1. The average Bonchev–Trinajstić information content (AvgIpc) is 3.16. The van der Waals surface area contributed by atoms with Crippen LogP contribution in [0.3, 0.4) is 0 Å².